The van der Waals surface area contributed by atoms with Gasteiger partial charge >= 0.3 is 11.9 Å². The third-order valence-corrected chi connectivity index (χ3v) is 3.90. The Morgan fingerprint density at radius 2 is 1.92 bits per heavy atom. The summed E-state index contributed by atoms with van der Waals surface area (Å²) in [7, 11) is 1.33. The van der Waals surface area contributed by atoms with Crippen LogP contribution in [0.25, 0.3) is 0 Å². The van der Waals surface area contributed by atoms with Crippen molar-refractivity contribution in [1.29, 1.82) is 0 Å². The second-order valence-corrected chi connectivity index (χ2v) is 5.79. The Balaban J connectivity index is 2.64. The van der Waals surface area contributed by atoms with Crippen LogP contribution in [0.1, 0.15) is 25.3 Å². The smallest absolute Gasteiger partial charge is 0.330 e. The van der Waals surface area contributed by atoms with E-state index in [2.05, 4.69) is 20.7 Å². The van der Waals surface area contributed by atoms with E-state index in [0.717, 1.165) is 5.56 Å². The number of benzene rings is 1. The maximum atomic E-state index is 11.3. The van der Waals surface area contributed by atoms with Crippen molar-refractivity contribution in [2.24, 2.45) is 0 Å². The Bertz CT molecular complexity index is 529. The first-order valence-electron chi connectivity index (χ1n) is 7.70. The Kier molecular flexibility index (Phi) is 10.0. The van der Waals surface area contributed by atoms with Gasteiger partial charge in [-0.2, -0.15) is 0 Å². The molecule has 1 aromatic rings. The molecule has 2 atom stereocenters. The fraction of sp³-hybridized carbons (Fsp3) is 0.444. The zero-order valence-corrected chi connectivity index (χ0v) is 15.5. The zero-order valence-electron chi connectivity index (χ0n) is 13.9. The van der Waals surface area contributed by atoms with Crippen molar-refractivity contribution in [2.45, 2.75) is 38.6 Å². The van der Waals surface area contributed by atoms with Crippen LogP contribution in [0.15, 0.2) is 42.5 Å². The molecular weight excluding hydrogens is 376 g/mol. The molecule has 0 unspecified atom stereocenters. The molecule has 0 aliphatic carbocycles. The Labute approximate surface area is 151 Å². The maximum Gasteiger partial charge on any atom is 0.330 e. The minimum Gasteiger partial charge on any atom is -0.466 e. The van der Waals surface area contributed by atoms with E-state index in [1.165, 1.54) is 20.1 Å². The van der Waals surface area contributed by atoms with Gasteiger partial charge in [0.1, 0.15) is 6.10 Å². The van der Waals surface area contributed by atoms with E-state index in [-0.39, 0.29) is 12.1 Å². The highest BCUT2D eigenvalue weighted by molar-refractivity contribution is 9.09. The summed E-state index contributed by atoms with van der Waals surface area (Å²) in [5.74, 6) is -0.744. The lowest BCUT2D eigenvalue weighted by molar-refractivity contribution is -0.153. The van der Waals surface area contributed by atoms with Crippen LogP contribution < -0.4 is 0 Å². The third-order valence-electron chi connectivity index (χ3n) is 3.26. The number of hydrogen-bond donors (Lipinski definition) is 0. The van der Waals surface area contributed by atoms with Gasteiger partial charge in [-0.05, 0) is 18.4 Å². The van der Waals surface area contributed by atoms with Gasteiger partial charge in [0.05, 0.1) is 19.8 Å². The van der Waals surface area contributed by atoms with E-state index in [0.29, 0.717) is 24.8 Å². The summed E-state index contributed by atoms with van der Waals surface area (Å²) in [6, 6.07) is 9.78. The van der Waals surface area contributed by atoms with Gasteiger partial charge in [-0.15, -0.1) is 0 Å². The molecule has 0 spiro atoms. The van der Waals surface area contributed by atoms with Crippen LogP contribution in [0.3, 0.4) is 0 Å². The largest absolute Gasteiger partial charge is 0.466 e. The molecule has 1 aromatic carbocycles. The molecule has 0 aliphatic rings. The monoisotopic (exact) mass is 398 g/mol. The predicted octanol–water partition coefficient (Wildman–Crippen LogP) is 3.41. The molecule has 0 aromatic heterocycles. The lowest BCUT2D eigenvalue weighted by Gasteiger charge is -2.25. The van der Waals surface area contributed by atoms with Gasteiger partial charge in [0.15, 0.2) is 0 Å². The lowest BCUT2D eigenvalue weighted by atomic mass is 10.1. The summed E-state index contributed by atoms with van der Waals surface area (Å²) in [6.45, 7) is 1.80. The molecule has 132 valence electrons. The van der Waals surface area contributed by atoms with Gasteiger partial charge in [-0.3, -0.25) is 4.79 Å². The lowest BCUT2D eigenvalue weighted by Crippen LogP contribution is -2.34. The van der Waals surface area contributed by atoms with Gasteiger partial charge in [0.25, 0.3) is 0 Å². The number of ether oxygens (including phenoxy) is 3. The second kappa shape index (κ2) is 11.8. The number of carbonyl (C=O) groups excluding carboxylic acids is 2. The fourth-order valence-electron chi connectivity index (χ4n) is 2.08. The van der Waals surface area contributed by atoms with Crippen molar-refractivity contribution in [3.63, 3.8) is 0 Å². The molecule has 24 heavy (non-hydrogen) atoms. The van der Waals surface area contributed by atoms with E-state index in [9.17, 15) is 9.59 Å². The molecule has 0 radical (unpaired) electrons. The summed E-state index contributed by atoms with van der Waals surface area (Å²) < 4.78 is 15.8. The first kappa shape index (κ1) is 20.4. The molecule has 0 heterocycles. The maximum absolute atomic E-state index is 11.3. The van der Waals surface area contributed by atoms with Crippen molar-refractivity contribution in [2.75, 3.05) is 12.4 Å². The van der Waals surface area contributed by atoms with Gasteiger partial charge in [-0.25, -0.2) is 4.79 Å². The number of alkyl halides is 1. The van der Waals surface area contributed by atoms with E-state index in [1.807, 2.05) is 30.3 Å². The van der Waals surface area contributed by atoms with Crippen LogP contribution >= 0.6 is 15.9 Å². The van der Waals surface area contributed by atoms with Crippen LogP contribution in [-0.4, -0.2) is 36.6 Å². The molecule has 1 rings (SSSR count). The highest BCUT2D eigenvalue weighted by Gasteiger charge is 2.23. The zero-order chi connectivity index (χ0) is 17.8. The van der Waals surface area contributed by atoms with Gasteiger partial charge < -0.3 is 14.2 Å². The van der Waals surface area contributed by atoms with Crippen molar-refractivity contribution in [3.8, 4) is 0 Å². The van der Waals surface area contributed by atoms with Gasteiger partial charge in [0.2, 0.25) is 0 Å². The number of carbonyl (C=O) groups is 2. The highest BCUT2D eigenvalue weighted by Crippen LogP contribution is 2.16. The SMILES string of the molecule is COC(=O)/C=C/CC[C@H](OCc1ccccc1)[C@@H](CBr)OC(C)=O. The van der Waals surface area contributed by atoms with E-state index in [4.69, 9.17) is 9.47 Å². The molecule has 0 N–H and O–H groups in total. The molecule has 0 saturated carbocycles. The number of esters is 2. The van der Waals surface area contributed by atoms with E-state index >= 15 is 0 Å². The second-order valence-electron chi connectivity index (χ2n) is 5.14. The molecule has 0 amide bonds. The number of hydrogen-bond acceptors (Lipinski definition) is 5. The topological polar surface area (TPSA) is 61.8 Å². The first-order valence-corrected chi connectivity index (χ1v) is 8.82. The quantitative estimate of drug-likeness (QED) is 0.343. The van der Waals surface area contributed by atoms with Crippen LogP contribution in [0.5, 0.6) is 0 Å². The summed E-state index contributed by atoms with van der Waals surface area (Å²) in [4.78, 5) is 22.4. The van der Waals surface area contributed by atoms with Crippen LogP contribution in [0.2, 0.25) is 0 Å². The summed E-state index contributed by atoms with van der Waals surface area (Å²) in [5, 5.41) is 0.479. The molecule has 0 fully saturated rings. The Morgan fingerprint density at radius 3 is 2.50 bits per heavy atom. The summed E-state index contributed by atoms with van der Waals surface area (Å²) >= 11 is 3.37. The number of rotatable bonds is 10. The van der Waals surface area contributed by atoms with E-state index < -0.39 is 12.1 Å². The first-order chi connectivity index (χ1) is 11.6. The highest BCUT2D eigenvalue weighted by atomic mass is 79.9. The minimum absolute atomic E-state index is 0.282. The number of allylic oxidation sites excluding steroid dienone is 1. The molecule has 0 aliphatic heterocycles. The molecule has 5 nitrogen and oxygen atoms in total. The van der Waals surface area contributed by atoms with Crippen LogP contribution in [0.4, 0.5) is 0 Å². The van der Waals surface area contributed by atoms with Crippen LogP contribution in [-0.2, 0) is 30.4 Å². The van der Waals surface area contributed by atoms with Gasteiger partial charge in [-0.1, -0.05) is 52.3 Å². The fourth-order valence-corrected chi connectivity index (χ4v) is 2.63. The van der Waals surface area contributed by atoms with Crippen LogP contribution in [0, 0.1) is 0 Å². The van der Waals surface area contributed by atoms with Crippen molar-refractivity contribution >= 4 is 27.9 Å². The molecule has 6 heteroatoms. The molecule has 0 bridgehead atoms. The Morgan fingerprint density at radius 1 is 1.21 bits per heavy atom. The van der Waals surface area contributed by atoms with Gasteiger partial charge in [0, 0.05) is 18.3 Å². The normalized spacial score (nSPS) is 13.5. The summed E-state index contributed by atoms with van der Waals surface area (Å²) in [5.41, 5.74) is 1.05. The Hall–Kier alpha value is -1.66. The third kappa shape index (κ3) is 8.26. The number of methoxy groups -OCH3 is 1. The average molecular weight is 399 g/mol. The van der Waals surface area contributed by atoms with Crippen molar-refractivity contribution in [3.05, 3.63) is 48.0 Å². The molecular formula is C18H23BrO5. The minimum atomic E-state index is -0.395. The average Bonchev–Trinajstić information content (AvgIpc) is 2.59. The van der Waals surface area contributed by atoms with Crippen molar-refractivity contribution < 1.29 is 23.8 Å². The number of halogens is 1. The van der Waals surface area contributed by atoms with E-state index in [1.54, 1.807) is 6.08 Å². The molecule has 0 saturated heterocycles. The standard InChI is InChI=1S/C18H23BrO5/c1-14(20)24-17(12-19)16(10-6-7-11-18(21)22-2)23-13-15-8-4-3-5-9-15/h3-5,7-9,11,16-17H,6,10,12-13H2,1-2H3/b11-7+/t16-,17+/m0/s1. The summed E-state index contributed by atoms with van der Waals surface area (Å²) in [6.07, 6.45) is 3.66. The predicted molar refractivity (Wildman–Crippen MR) is 94.8 cm³/mol. The van der Waals surface area contributed by atoms with Crippen molar-refractivity contribution in [1.82, 2.24) is 0 Å².